The summed E-state index contributed by atoms with van der Waals surface area (Å²) in [6.07, 6.45) is 1.82. The van der Waals surface area contributed by atoms with Gasteiger partial charge in [-0.25, -0.2) is 8.42 Å². The fourth-order valence-electron chi connectivity index (χ4n) is 2.97. The minimum absolute atomic E-state index is 0.341. The number of benzene rings is 2. The van der Waals surface area contributed by atoms with Gasteiger partial charge in [0.05, 0.1) is 4.90 Å². The predicted octanol–water partition coefficient (Wildman–Crippen LogP) is 4.79. The van der Waals surface area contributed by atoms with Gasteiger partial charge in [0.25, 0.3) is 0 Å². The summed E-state index contributed by atoms with van der Waals surface area (Å²) >= 11 is 1.47. The molecule has 1 atom stereocenters. The van der Waals surface area contributed by atoms with Crippen molar-refractivity contribution in [3.8, 4) is 0 Å². The van der Waals surface area contributed by atoms with Gasteiger partial charge < -0.3 is 4.98 Å². The Morgan fingerprint density at radius 2 is 1.62 bits per heavy atom. The third-order valence-corrected chi connectivity index (χ3v) is 7.23. The Kier molecular flexibility index (Phi) is 3.75. The van der Waals surface area contributed by atoms with Gasteiger partial charge in [0.1, 0.15) is 5.25 Å². The van der Waals surface area contributed by atoms with Gasteiger partial charge in [0.15, 0.2) is 9.84 Å². The zero-order chi connectivity index (χ0) is 16.6. The summed E-state index contributed by atoms with van der Waals surface area (Å²) in [6.45, 7) is 0. The number of thiophene rings is 1. The second-order valence-corrected chi connectivity index (χ2v) is 8.56. The lowest BCUT2D eigenvalue weighted by Gasteiger charge is -2.16. The van der Waals surface area contributed by atoms with E-state index in [4.69, 9.17) is 0 Å². The molecular weight excluding hydrogens is 338 g/mol. The third-order valence-electron chi connectivity index (χ3n) is 4.09. The molecule has 0 saturated carbocycles. The monoisotopic (exact) mass is 353 g/mol. The maximum Gasteiger partial charge on any atom is 0.190 e. The van der Waals surface area contributed by atoms with Crippen molar-refractivity contribution in [3.05, 3.63) is 88.7 Å². The van der Waals surface area contributed by atoms with Gasteiger partial charge in [0.2, 0.25) is 0 Å². The Bertz CT molecular complexity index is 1060. The van der Waals surface area contributed by atoms with E-state index in [-0.39, 0.29) is 0 Å². The van der Waals surface area contributed by atoms with E-state index in [0.717, 1.165) is 21.3 Å². The molecule has 24 heavy (non-hydrogen) atoms. The van der Waals surface area contributed by atoms with Crippen molar-refractivity contribution in [2.75, 3.05) is 0 Å². The Labute approximate surface area is 144 Å². The Balaban J connectivity index is 1.97. The van der Waals surface area contributed by atoms with E-state index in [1.165, 1.54) is 11.3 Å². The number of aromatic amines is 1. The van der Waals surface area contributed by atoms with Crippen molar-refractivity contribution < 1.29 is 8.42 Å². The lowest BCUT2D eigenvalue weighted by Crippen LogP contribution is -2.14. The van der Waals surface area contributed by atoms with Crippen molar-refractivity contribution in [1.82, 2.24) is 4.98 Å². The highest BCUT2D eigenvalue weighted by molar-refractivity contribution is 7.92. The number of para-hydroxylation sites is 1. The van der Waals surface area contributed by atoms with Crippen LogP contribution in [0.25, 0.3) is 10.9 Å². The van der Waals surface area contributed by atoms with Crippen LogP contribution in [0.4, 0.5) is 0 Å². The standard InChI is InChI=1S/C19H15NO2S2/c21-24(22,14-7-2-1-3-8-14)19(18-11-6-12-23-18)16-13-20-17-10-5-4-9-15(16)17/h1-13,19-20H. The normalized spacial score (nSPS) is 13.2. The van der Waals surface area contributed by atoms with Crippen LogP contribution in [0, 0.1) is 0 Å². The number of fused-ring (bicyclic) bond motifs is 1. The lowest BCUT2D eigenvalue weighted by atomic mass is 10.1. The zero-order valence-corrected chi connectivity index (χ0v) is 14.3. The van der Waals surface area contributed by atoms with Crippen LogP contribution in [0.3, 0.4) is 0 Å². The minimum Gasteiger partial charge on any atom is -0.361 e. The number of hydrogen-bond acceptors (Lipinski definition) is 3. The molecule has 2 aromatic carbocycles. The average Bonchev–Trinajstić information content (AvgIpc) is 3.27. The molecule has 2 heterocycles. The van der Waals surface area contributed by atoms with Gasteiger partial charge in [-0.2, -0.15) is 0 Å². The Morgan fingerprint density at radius 3 is 2.38 bits per heavy atom. The van der Waals surface area contributed by atoms with Crippen molar-refractivity contribution in [1.29, 1.82) is 0 Å². The number of H-pyrrole nitrogens is 1. The van der Waals surface area contributed by atoms with E-state index in [1.54, 1.807) is 24.3 Å². The molecule has 0 spiro atoms. The van der Waals surface area contributed by atoms with Crippen LogP contribution in [0.1, 0.15) is 15.7 Å². The molecule has 1 N–H and O–H groups in total. The Hall–Kier alpha value is -2.37. The minimum atomic E-state index is -3.55. The van der Waals surface area contributed by atoms with Crippen molar-refractivity contribution in [2.45, 2.75) is 10.1 Å². The first-order valence-corrected chi connectivity index (χ1v) is 9.99. The molecule has 0 aliphatic heterocycles. The zero-order valence-electron chi connectivity index (χ0n) is 12.7. The molecule has 0 aliphatic rings. The molecule has 0 amide bonds. The van der Waals surface area contributed by atoms with Crippen molar-refractivity contribution in [3.63, 3.8) is 0 Å². The highest BCUT2D eigenvalue weighted by atomic mass is 32.2. The van der Waals surface area contributed by atoms with Crippen LogP contribution in [-0.2, 0) is 9.84 Å². The molecule has 1 unspecified atom stereocenters. The summed E-state index contributed by atoms with van der Waals surface area (Å²) in [6, 6.07) is 20.2. The maximum absolute atomic E-state index is 13.4. The third kappa shape index (κ3) is 2.46. The van der Waals surface area contributed by atoms with E-state index in [9.17, 15) is 8.42 Å². The van der Waals surface area contributed by atoms with Gasteiger partial charge in [-0.05, 0) is 29.6 Å². The van der Waals surface area contributed by atoms with Gasteiger partial charge in [0, 0.05) is 27.5 Å². The smallest absolute Gasteiger partial charge is 0.190 e. The summed E-state index contributed by atoms with van der Waals surface area (Å²) in [5.41, 5.74) is 1.73. The molecule has 0 aliphatic carbocycles. The number of sulfone groups is 1. The number of rotatable bonds is 4. The van der Waals surface area contributed by atoms with Crippen molar-refractivity contribution in [2.24, 2.45) is 0 Å². The molecule has 5 heteroatoms. The lowest BCUT2D eigenvalue weighted by molar-refractivity contribution is 0.590. The summed E-state index contributed by atoms with van der Waals surface area (Å²) in [7, 11) is -3.55. The molecule has 3 nitrogen and oxygen atoms in total. The number of hydrogen-bond donors (Lipinski definition) is 1. The van der Waals surface area contributed by atoms with Crippen LogP contribution >= 0.6 is 11.3 Å². The van der Waals surface area contributed by atoms with Crippen LogP contribution in [-0.4, -0.2) is 13.4 Å². The molecule has 4 aromatic rings. The predicted molar refractivity (Wildman–Crippen MR) is 98.1 cm³/mol. The van der Waals surface area contributed by atoms with E-state index >= 15 is 0 Å². The van der Waals surface area contributed by atoms with Crippen LogP contribution < -0.4 is 0 Å². The number of nitrogens with one attached hydrogen (secondary N) is 1. The molecule has 2 aromatic heterocycles. The van der Waals surface area contributed by atoms with Gasteiger partial charge in [-0.3, -0.25) is 0 Å². The summed E-state index contributed by atoms with van der Waals surface area (Å²) < 4.78 is 26.7. The molecule has 120 valence electrons. The molecular formula is C19H15NO2S2. The van der Waals surface area contributed by atoms with E-state index < -0.39 is 15.1 Å². The topological polar surface area (TPSA) is 49.9 Å². The SMILES string of the molecule is O=S(=O)(c1ccccc1)C(c1cccs1)c1c[nH]c2ccccc12. The summed E-state index contributed by atoms with van der Waals surface area (Å²) in [5, 5.41) is 2.14. The van der Waals surface area contributed by atoms with Gasteiger partial charge in [-0.1, -0.05) is 42.5 Å². The summed E-state index contributed by atoms with van der Waals surface area (Å²) in [4.78, 5) is 4.36. The fourth-order valence-corrected chi connectivity index (χ4v) is 5.96. The molecule has 0 bridgehead atoms. The van der Waals surface area contributed by atoms with Gasteiger partial charge in [-0.15, -0.1) is 11.3 Å². The molecule has 0 saturated heterocycles. The average molecular weight is 353 g/mol. The second kappa shape index (κ2) is 5.92. The second-order valence-electron chi connectivity index (χ2n) is 5.54. The van der Waals surface area contributed by atoms with E-state index in [1.807, 2.05) is 54.0 Å². The van der Waals surface area contributed by atoms with E-state index in [2.05, 4.69) is 4.98 Å². The largest absolute Gasteiger partial charge is 0.361 e. The fraction of sp³-hybridized carbons (Fsp3) is 0.0526. The first-order valence-electron chi connectivity index (χ1n) is 7.56. The van der Waals surface area contributed by atoms with Crippen LogP contribution in [0.2, 0.25) is 0 Å². The first kappa shape index (κ1) is 15.2. The summed E-state index contributed by atoms with van der Waals surface area (Å²) in [5.74, 6) is 0. The highest BCUT2D eigenvalue weighted by Gasteiger charge is 2.33. The van der Waals surface area contributed by atoms with E-state index in [0.29, 0.717) is 4.90 Å². The highest BCUT2D eigenvalue weighted by Crippen LogP contribution is 2.40. The Morgan fingerprint density at radius 1 is 0.875 bits per heavy atom. The molecule has 0 fully saturated rings. The van der Waals surface area contributed by atoms with Crippen LogP contribution in [0.5, 0.6) is 0 Å². The van der Waals surface area contributed by atoms with Crippen molar-refractivity contribution >= 4 is 32.1 Å². The quantitative estimate of drug-likeness (QED) is 0.573. The van der Waals surface area contributed by atoms with Crippen LogP contribution in [0.15, 0.2) is 83.2 Å². The molecule has 0 radical (unpaired) electrons. The van der Waals surface area contributed by atoms with Gasteiger partial charge >= 0.3 is 0 Å². The molecule has 4 rings (SSSR count). The number of aromatic nitrogens is 1. The maximum atomic E-state index is 13.4. The first-order chi connectivity index (χ1) is 11.7.